The second kappa shape index (κ2) is 7.91. The minimum absolute atomic E-state index is 0.427. The standard InChI is InChI=1S/C14H22FN/c1-11(2)8-13(5)16-10-14(6-7-15)9-12(3)4/h6,8-9,16H,1,7,10H2,2-5H3/b13-8-,14-6+. The molecule has 0 atom stereocenters. The molecule has 0 saturated carbocycles. The van der Waals surface area contributed by atoms with Gasteiger partial charge < -0.3 is 5.32 Å². The molecule has 0 aromatic carbocycles. The third-order valence-corrected chi connectivity index (χ3v) is 1.85. The number of hydrogen-bond donors (Lipinski definition) is 1. The monoisotopic (exact) mass is 223 g/mol. The number of allylic oxidation sites excluding steroid dienone is 5. The summed E-state index contributed by atoms with van der Waals surface area (Å²) in [6, 6.07) is 0. The van der Waals surface area contributed by atoms with Crippen molar-refractivity contribution < 1.29 is 4.39 Å². The lowest BCUT2D eigenvalue weighted by Crippen LogP contribution is -2.14. The van der Waals surface area contributed by atoms with Gasteiger partial charge in [-0.3, -0.25) is 0 Å². The quantitative estimate of drug-likeness (QED) is 0.673. The van der Waals surface area contributed by atoms with E-state index >= 15 is 0 Å². The van der Waals surface area contributed by atoms with E-state index in [1.54, 1.807) is 6.08 Å². The van der Waals surface area contributed by atoms with E-state index in [0.717, 1.165) is 16.8 Å². The molecule has 0 aliphatic heterocycles. The summed E-state index contributed by atoms with van der Waals surface area (Å²) in [7, 11) is 0. The second-order valence-electron chi connectivity index (χ2n) is 4.18. The van der Waals surface area contributed by atoms with Crippen molar-refractivity contribution in [2.75, 3.05) is 13.2 Å². The molecule has 0 aromatic rings. The molecule has 0 fully saturated rings. The fourth-order valence-electron chi connectivity index (χ4n) is 1.31. The summed E-state index contributed by atoms with van der Waals surface area (Å²) in [6.45, 7) is 11.9. The summed E-state index contributed by atoms with van der Waals surface area (Å²) in [5.41, 5.74) is 4.18. The summed E-state index contributed by atoms with van der Waals surface area (Å²) in [5.74, 6) is 0. The Balaban J connectivity index is 4.40. The summed E-state index contributed by atoms with van der Waals surface area (Å²) < 4.78 is 12.3. The number of rotatable bonds is 6. The van der Waals surface area contributed by atoms with Gasteiger partial charge in [0.15, 0.2) is 0 Å². The lowest BCUT2D eigenvalue weighted by Gasteiger charge is -2.08. The van der Waals surface area contributed by atoms with Gasteiger partial charge in [0.2, 0.25) is 0 Å². The number of alkyl halides is 1. The Hall–Kier alpha value is -1.31. The zero-order valence-corrected chi connectivity index (χ0v) is 10.7. The van der Waals surface area contributed by atoms with Crippen LogP contribution < -0.4 is 5.32 Å². The van der Waals surface area contributed by atoms with E-state index in [4.69, 9.17) is 0 Å². The highest BCUT2D eigenvalue weighted by Crippen LogP contribution is 2.03. The zero-order chi connectivity index (χ0) is 12.6. The Morgan fingerprint density at radius 3 is 2.25 bits per heavy atom. The SMILES string of the molecule is C=C(C)/C=C(/C)NC/C(C=C(C)C)=C/CF. The number of nitrogens with one attached hydrogen (secondary N) is 1. The van der Waals surface area contributed by atoms with Crippen LogP contribution in [0.15, 0.2) is 47.2 Å². The van der Waals surface area contributed by atoms with Gasteiger partial charge in [-0.1, -0.05) is 23.8 Å². The average Bonchev–Trinajstić information content (AvgIpc) is 2.12. The van der Waals surface area contributed by atoms with E-state index in [9.17, 15) is 4.39 Å². The predicted molar refractivity (Wildman–Crippen MR) is 70.1 cm³/mol. The van der Waals surface area contributed by atoms with E-state index < -0.39 is 6.67 Å². The van der Waals surface area contributed by atoms with Crippen molar-refractivity contribution in [1.82, 2.24) is 5.32 Å². The molecule has 0 aliphatic carbocycles. The van der Waals surface area contributed by atoms with Gasteiger partial charge in [-0.15, -0.1) is 0 Å². The van der Waals surface area contributed by atoms with Crippen LogP contribution in [-0.2, 0) is 0 Å². The van der Waals surface area contributed by atoms with Crippen molar-refractivity contribution in [3.05, 3.63) is 47.2 Å². The van der Waals surface area contributed by atoms with Gasteiger partial charge in [-0.25, -0.2) is 4.39 Å². The minimum Gasteiger partial charge on any atom is -0.384 e. The molecule has 0 bridgehead atoms. The van der Waals surface area contributed by atoms with Gasteiger partial charge in [0.05, 0.1) is 0 Å². The van der Waals surface area contributed by atoms with Crippen LogP contribution in [-0.4, -0.2) is 13.2 Å². The maximum Gasteiger partial charge on any atom is 0.108 e. The van der Waals surface area contributed by atoms with Crippen molar-refractivity contribution in [2.24, 2.45) is 0 Å². The molecule has 0 amide bonds. The highest BCUT2D eigenvalue weighted by atomic mass is 19.1. The summed E-state index contributed by atoms with van der Waals surface area (Å²) in [6.07, 6.45) is 5.55. The predicted octanol–water partition coefficient (Wildman–Crippen LogP) is 3.92. The molecule has 90 valence electrons. The molecule has 0 radical (unpaired) electrons. The molecule has 0 saturated heterocycles. The maximum absolute atomic E-state index is 12.3. The normalized spacial score (nSPS) is 12.3. The van der Waals surface area contributed by atoms with Gasteiger partial charge >= 0.3 is 0 Å². The lowest BCUT2D eigenvalue weighted by molar-refractivity contribution is 0.559. The first-order valence-electron chi connectivity index (χ1n) is 5.43. The Morgan fingerprint density at radius 2 is 1.81 bits per heavy atom. The minimum atomic E-state index is -0.427. The van der Waals surface area contributed by atoms with Crippen molar-refractivity contribution in [3.63, 3.8) is 0 Å². The molecule has 0 aromatic heterocycles. The molecule has 2 heteroatoms. The van der Waals surface area contributed by atoms with Crippen LogP contribution in [0.1, 0.15) is 27.7 Å². The van der Waals surface area contributed by atoms with E-state index in [0.29, 0.717) is 6.54 Å². The van der Waals surface area contributed by atoms with Crippen LogP contribution in [0.3, 0.4) is 0 Å². The van der Waals surface area contributed by atoms with Crippen LogP contribution >= 0.6 is 0 Å². The number of halogens is 1. The molecule has 0 unspecified atom stereocenters. The molecule has 0 rings (SSSR count). The first-order chi connectivity index (χ1) is 7.45. The molecular formula is C14H22FN. The van der Waals surface area contributed by atoms with Gasteiger partial charge in [-0.05, 0) is 45.4 Å². The Labute approximate surface area is 98.4 Å². The molecule has 0 aliphatic rings. The highest BCUT2D eigenvalue weighted by Gasteiger charge is 1.94. The van der Waals surface area contributed by atoms with Gasteiger partial charge in [0.25, 0.3) is 0 Å². The van der Waals surface area contributed by atoms with Crippen molar-refractivity contribution in [3.8, 4) is 0 Å². The fraction of sp³-hybridized carbons (Fsp3) is 0.429. The van der Waals surface area contributed by atoms with Crippen molar-refractivity contribution in [2.45, 2.75) is 27.7 Å². The van der Waals surface area contributed by atoms with Crippen LogP contribution in [0, 0.1) is 0 Å². The van der Waals surface area contributed by atoms with Crippen LogP contribution in [0.25, 0.3) is 0 Å². The molecule has 0 heterocycles. The third-order valence-electron chi connectivity index (χ3n) is 1.85. The topological polar surface area (TPSA) is 12.0 Å². The van der Waals surface area contributed by atoms with Gasteiger partial charge in [-0.2, -0.15) is 0 Å². The van der Waals surface area contributed by atoms with Crippen LogP contribution in [0.2, 0.25) is 0 Å². The number of hydrogen-bond acceptors (Lipinski definition) is 1. The molecule has 1 N–H and O–H groups in total. The van der Waals surface area contributed by atoms with Crippen molar-refractivity contribution in [1.29, 1.82) is 0 Å². The molecule has 1 nitrogen and oxygen atoms in total. The molecule has 16 heavy (non-hydrogen) atoms. The van der Waals surface area contributed by atoms with E-state index in [-0.39, 0.29) is 0 Å². The largest absolute Gasteiger partial charge is 0.384 e. The van der Waals surface area contributed by atoms with Crippen LogP contribution in [0.5, 0.6) is 0 Å². The third kappa shape index (κ3) is 8.04. The van der Waals surface area contributed by atoms with Gasteiger partial charge in [0, 0.05) is 12.2 Å². The fourth-order valence-corrected chi connectivity index (χ4v) is 1.31. The first kappa shape index (κ1) is 14.7. The molecule has 0 spiro atoms. The average molecular weight is 223 g/mol. The zero-order valence-electron chi connectivity index (χ0n) is 10.7. The van der Waals surface area contributed by atoms with Gasteiger partial charge in [0.1, 0.15) is 6.67 Å². The Bertz CT molecular complexity index is 318. The Morgan fingerprint density at radius 1 is 1.19 bits per heavy atom. The molecular weight excluding hydrogens is 201 g/mol. The second-order valence-corrected chi connectivity index (χ2v) is 4.18. The maximum atomic E-state index is 12.3. The van der Waals surface area contributed by atoms with E-state index in [1.165, 1.54) is 5.57 Å². The Kier molecular flexibility index (Phi) is 7.27. The first-order valence-corrected chi connectivity index (χ1v) is 5.43. The van der Waals surface area contributed by atoms with E-state index in [1.807, 2.05) is 39.8 Å². The van der Waals surface area contributed by atoms with Crippen molar-refractivity contribution >= 4 is 0 Å². The summed E-state index contributed by atoms with van der Waals surface area (Å²) >= 11 is 0. The highest BCUT2D eigenvalue weighted by molar-refractivity contribution is 5.25. The van der Waals surface area contributed by atoms with Crippen LogP contribution in [0.4, 0.5) is 4.39 Å². The summed E-state index contributed by atoms with van der Waals surface area (Å²) in [5, 5.41) is 3.22. The smallest absolute Gasteiger partial charge is 0.108 e. The van der Waals surface area contributed by atoms with E-state index in [2.05, 4.69) is 11.9 Å². The summed E-state index contributed by atoms with van der Waals surface area (Å²) in [4.78, 5) is 0. The lowest BCUT2D eigenvalue weighted by atomic mass is 10.1.